The Labute approximate surface area is 149 Å². The third kappa shape index (κ3) is 4.87. The first-order valence-electron chi connectivity index (χ1n) is 8.44. The van der Waals surface area contributed by atoms with Crippen molar-refractivity contribution >= 4 is 17.7 Å². The number of rotatable bonds is 7. The maximum Gasteiger partial charge on any atom is 0.233 e. The van der Waals surface area contributed by atoms with Crippen LogP contribution in [0.4, 0.5) is 0 Å². The number of imidazole rings is 1. The molecular weight excluding hydrogens is 318 g/mol. The average Bonchev–Trinajstić information content (AvgIpc) is 2.97. The minimum absolute atomic E-state index is 0.0659. The summed E-state index contributed by atoms with van der Waals surface area (Å²) >= 11 is 1.49. The van der Waals surface area contributed by atoms with Crippen molar-refractivity contribution in [3.63, 3.8) is 0 Å². The first-order chi connectivity index (χ1) is 11.4. The summed E-state index contributed by atoms with van der Waals surface area (Å²) in [5, 5.41) is 3.67. The highest BCUT2D eigenvalue weighted by molar-refractivity contribution is 8.00. The van der Waals surface area contributed by atoms with E-state index in [9.17, 15) is 4.79 Å². The van der Waals surface area contributed by atoms with Crippen LogP contribution in [-0.4, -0.2) is 27.3 Å². The molecule has 0 aliphatic rings. The lowest BCUT2D eigenvalue weighted by atomic mass is 10.1. The fraction of sp³-hybridized carbons (Fsp3) is 0.474. The van der Waals surface area contributed by atoms with Crippen LogP contribution in [0.2, 0.25) is 0 Å². The largest absolute Gasteiger partial charge is 0.355 e. The van der Waals surface area contributed by atoms with Gasteiger partial charge in [-0.1, -0.05) is 37.7 Å². The number of hydrogen-bond donors (Lipinski definition) is 1. The zero-order chi connectivity index (χ0) is 17.7. The van der Waals surface area contributed by atoms with Crippen molar-refractivity contribution in [1.82, 2.24) is 14.9 Å². The number of nitrogens with one attached hydrogen (secondary N) is 1. The smallest absolute Gasteiger partial charge is 0.233 e. The summed E-state index contributed by atoms with van der Waals surface area (Å²) in [6.45, 7) is 11.1. The Bertz CT molecular complexity index is 694. The predicted molar refractivity (Wildman–Crippen MR) is 101 cm³/mol. The van der Waals surface area contributed by atoms with Gasteiger partial charge >= 0.3 is 0 Å². The monoisotopic (exact) mass is 345 g/mol. The molecule has 0 bridgehead atoms. The van der Waals surface area contributed by atoms with E-state index in [2.05, 4.69) is 60.8 Å². The molecule has 0 spiro atoms. The van der Waals surface area contributed by atoms with Gasteiger partial charge < -0.3 is 5.32 Å². The van der Waals surface area contributed by atoms with Gasteiger partial charge in [0.1, 0.15) is 0 Å². The molecule has 1 aromatic heterocycles. The number of carbonyl (C=O) groups excluding carboxylic acids is 1. The summed E-state index contributed by atoms with van der Waals surface area (Å²) in [5.74, 6) is 0.660. The van der Waals surface area contributed by atoms with Crippen molar-refractivity contribution in [1.29, 1.82) is 0 Å². The topological polar surface area (TPSA) is 46.9 Å². The maximum atomic E-state index is 12.3. The van der Waals surface area contributed by atoms with Gasteiger partial charge in [-0.2, -0.15) is 0 Å². The number of carbonyl (C=O) groups is 1. The van der Waals surface area contributed by atoms with Gasteiger partial charge in [0.25, 0.3) is 0 Å². The number of thioether (sulfide) groups is 1. The number of aryl methyl sites for hydroxylation is 2. The zero-order valence-corrected chi connectivity index (χ0v) is 16.0. The molecule has 0 saturated heterocycles. The molecule has 1 aromatic carbocycles. The van der Waals surface area contributed by atoms with E-state index in [1.54, 1.807) is 6.20 Å². The Kier molecular flexibility index (Phi) is 6.49. The van der Waals surface area contributed by atoms with Crippen LogP contribution >= 0.6 is 11.8 Å². The van der Waals surface area contributed by atoms with Gasteiger partial charge in [-0.05, 0) is 50.3 Å². The minimum Gasteiger partial charge on any atom is -0.355 e. The SMILES string of the molecule is Cc1ccc(C)c(-n2ccnc2SC(C)C(=O)NCCC(C)C)c1. The van der Waals surface area contributed by atoms with Gasteiger partial charge in [0.05, 0.1) is 10.9 Å². The van der Waals surface area contributed by atoms with E-state index in [4.69, 9.17) is 0 Å². The lowest BCUT2D eigenvalue weighted by molar-refractivity contribution is -0.120. The number of hydrogen-bond acceptors (Lipinski definition) is 3. The van der Waals surface area contributed by atoms with Crippen molar-refractivity contribution < 1.29 is 4.79 Å². The Morgan fingerprint density at radius 2 is 2.04 bits per heavy atom. The molecule has 1 N–H and O–H groups in total. The molecule has 2 aromatic rings. The van der Waals surface area contributed by atoms with E-state index >= 15 is 0 Å². The summed E-state index contributed by atoms with van der Waals surface area (Å²) in [4.78, 5) is 16.7. The number of benzene rings is 1. The minimum atomic E-state index is -0.177. The molecule has 24 heavy (non-hydrogen) atoms. The summed E-state index contributed by atoms with van der Waals surface area (Å²) in [6, 6.07) is 6.36. The van der Waals surface area contributed by atoms with E-state index in [1.807, 2.05) is 13.1 Å². The predicted octanol–water partition coefficient (Wildman–Crippen LogP) is 4.13. The molecule has 5 heteroatoms. The van der Waals surface area contributed by atoms with Crippen molar-refractivity contribution in [2.75, 3.05) is 6.54 Å². The highest BCUT2D eigenvalue weighted by atomic mass is 32.2. The Balaban J connectivity index is 2.07. The molecule has 0 aliphatic carbocycles. The molecule has 0 radical (unpaired) electrons. The average molecular weight is 346 g/mol. The highest BCUT2D eigenvalue weighted by Gasteiger charge is 2.18. The normalized spacial score (nSPS) is 12.4. The molecule has 0 saturated carbocycles. The fourth-order valence-electron chi connectivity index (χ4n) is 2.38. The first kappa shape index (κ1) is 18.6. The van der Waals surface area contributed by atoms with Crippen molar-refractivity contribution in [3.05, 3.63) is 41.7 Å². The van der Waals surface area contributed by atoms with E-state index < -0.39 is 0 Å². The zero-order valence-electron chi connectivity index (χ0n) is 15.2. The third-order valence-electron chi connectivity index (χ3n) is 3.90. The van der Waals surface area contributed by atoms with Crippen LogP contribution in [0.5, 0.6) is 0 Å². The number of amides is 1. The maximum absolute atomic E-state index is 12.3. The molecule has 0 fully saturated rings. The third-order valence-corrected chi connectivity index (χ3v) is 4.98. The van der Waals surface area contributed by atoms with Gasteiger partial charge in [0.15, 0.2) is 5.16 Å². The second-order valence-electron chi connectivity index (χ2n) is 6.60. The lowest BCUT2D eigenvalue weighted by Gasteiger charge is -2.15. The van der Waals surface area contributed by atoms with Crippen LogP contribution in [0.25, 0.3) is 5.69 Å². The Morgan fingerprint density at radius 1 is 1.29 bits per heavy atom. The second kappa shape index (κ2) is 8.38. The Morgan fingerprint density at radius 3 is 2.75 bits per heavy atom. The molecular formula is C19H27N3OS. The van der Waals surface area contributed by atoms with Crippen molar-refractivity contribution in [2.45, 2.75) is 51.4 Å². The summed E-state index contributed by atoms with van der Waals surface area (Å²) in [5.41, 5.74) is 3.51. The molecule has 1 unspecified atom stereocenters. The van der Waals surface area contributed by atoms with Crippen LogP contribution in [0.15, 0.2) is 35.7 Å². The van der Waals surface area contributed by atoms with E-state index in [1.165, 1.54) is 22.9 Å². The standard InChI is InChI=1S/C19H27N3OS/c1-13(2)8-9-20-18(23)16(5)24-19-21-10-11-22(19)17-12-14(3)6-7-15(17)4/h6-7,10-13,16H,8-9H2,1-5H3,(H,20,23). The van der Waals surface area contributed by atoms with Gasteiger partial charge in [-0.3, -0.25) is 9.36 Å². The highest BCUT2D eigenvalue weighted by Crippen LogP contribution is 2.26. The van der Waals surface area contributed by atoms with E-state index in [-0.39, 0.29) is 11.2 Å². The van der Waals surface area contributed by atoms with Crippen LogP contribution in [0.3, 0.4) is 0 Å². The van der Waals surface area contributed by atoms with Gasteiger partial charge in [0.2, 0.25) is 5.91 Å². The van der Waals surface area contributed by atoms with Crippen LogP contribution in [0.1, 0.15) is 38.3 Å². The first-order valence-corrected chi connectivity index (χ1v) is 9.31. The quantitative estimate of drug-likeness (QED) is 0.768. The molecule has 4 nitrogen and oxygen atoms in total. The van der Waals surface area contributed by atoms with E-state index in [0.29, 0.717) is 5.92 Å². The molecule has 1 amide bonds. The second-order valence-corrected chi connectivity index (χ2v) is 7.91. The van der Waals surface area contributed by atoms with Crippen molar-refractivity contribution in [2.24, 2.45) is 5.92 Å². The van der Waals surface area contributed by atoms with Gasteiger partial charge in [-0.25, -0.2) is 4.98 Å². The van der Waals surface area contributed by atoms with Gasteiger partial charge in [-0.15, -0.1) is 0 Å². The van der Waals surface area contributed by atoms with Crippen LogP contribution in [0, 0.1) is 19.8 Å². The summed E-state index contributed by atoms with van der Waals surface area (Å²) in [6.07, 6.45) is 4.74. The molecule has 0 aliphatic heterocycles. The van der Waals surface area contributed by atoms with Crippen LogP contribution < -0.4 is 5.32 Å². The number of aromatic nitrogens is 2. The van der Waals surface area contributed by atoms with E-state index in [0.717, 1.165) is 23.8 Å². The fourth-order valence-corrected chi connectivity index (χ4v) is 3.28. The molecule has 130 valence electrons. The Hall–Kier alpha value is -1.75. The lowest BCUT2D eigenvalue weighted by Crippen LogP contribution is -2.32. The van der Waals surface area contributed by atoms with Crippen LogP contribution in [-0.2, 0) is 4.79 Å². The van der Waals surface area contributed by atoms with Crippen molar-refractivity contribution in [3.8, 4) is 5.69 Å². The van der Waals surface area contributed by atoms with Gasteiger partial charge in [0, 0.05) is 18.9 Å². The molecule has 1 atom stereocenters. The molecule has 2 rings (SSSR count). The molecule has 1 heterocycles. The number of nitrogens with zero attached hydrogens (tertiary/aromatic N) is 2. The summed E-state index contributed by atoms with van der Waals surface area (Å²) in [7, 11) is 0. The summed E-state index contributed by atoms with van der Waals surface area (Å²) < 4.78 is 2.06.